The van der Waals surface area contributed by atoms with Gasteiger partial charge in [-0.05, 0) is 35.5 Å². The third-order valence-corrected chi connectivity index (χ3v) is 6.00. The van der Waals surface area contributed by atoms with Gasteiger partial charge in [0.05, 0.1) is 10.6 Å². The molecule has 162 valence electrons. The molecule has 2 aromatic carbocycles. The number of carboxylic acids is 2. The van der Waals surface area contributed by atoms with Crippen molar-refractivity contribution in [1.82, 2.24) is 4.57 Å². The number of thiazole rings is 1. The van der Waals surface area contributed by atoms with E-state index in [2.05, 4.69) is 5.73 Å². The Morgan fingerprint density at radius 1 is 1.06 bits per heavy atom. The van der Waals surface area contributed by atoms with Gasteiger partial charge in [0.2, 0.25) is 11.8 Å². The van der Waals surface area contributed by atoms with Crippen LogP contribution in [-0.4, -0.2) is 38.4 Å². The van der Waals surface area contributed by atoms with E-state index in [0.29, 0.717) is 11.4 Å². The summed E-state index contributed by atoms with van der Waals surface area (Å²) < 4.78 is 7.09. The van der Waals surface area contributed by atoms with Gasteiger partial charge < -0.3 is 20.1 Å². The van der Waals surface area contributed by atoms with Crippen LogP contribution in [0, 0.1) is 3.95 Å². The number of carboxylic acid groups (broad SMARTS) is 2. The molecule has 0 unspecified atom stereocenters. The molecule has 1 aromatic heterocycles. The molecule has 3 aromatic rings. The van der Waals surface area contributed by atoms with E-state index in [4.69, 9.17) is 22.1 Å². The number of aromatic hydroxyl groups is 1. The zero-order valence-corrected chi connectivity index (χ0v) is 18.0. The highest BCUT2D eigenvalue weighted by atomic mass is 32.1. The molecule has 0 saturated heterocycles. The minimum Gasteiger partial charge on any atom is -0.493 e. The van der Waals surface area contributed by atoms with Gasteiger partial charge in [-0.25, -0.2) is 0 Å². The summed E-state index contributed by atoms with van der Waals surface area (Å²) in [5.41, 5.74) is 5.32. The molecular weight excluding hydrogens is 452 g/mol. The Balaban J connectivity index is 1.74. The van der Waals surface area contributed by atoms with Gasteiger partial charge >= 0.3 is 11.9 Å². The average molecular weight is 469 g/mol. The van der Waals surface area contributed by atoms with E-state index in [-0.39, 0.29) is 27.1 Å². The van der Waals surface area contributed by atoms with E-state index in [1.165, 1.54) is 11.0 Å². The molecule has 4 rings (SSSR count). The molecule has 0 amide bonds. The molecule has 0 radical (unpaired) electrons. The van der Waals surface area contributed by atoms with E-state index in [1.807, 2.05) is 42.5 Å². The summed E-state index contributed by atoms with van der Waals surface area (Å²) in [7, 11) is 0. The Morgan fingerprint density at radius 2 is 1.78 bits per heavy atom. The molecule has 2 heterocycles. The fourth-order valence-corrected chi connectivity index (χ4v) is 4.39. The van der Waals surface area contributed by atoms with E-state index < -0.39 is 18.5 Å². The molecule has 0 aliphatic carbocycles. The Bertz CT molecular complexity index is 1340. The van der Waals surface area contributed by atoms with Gasteiger partial charge in [-0.15, -0.1) is 11.3 Å². The number of hydrogen-bond acceptors (Lipinski definition) is 7. The Hall–Kier alpha value is -3.85. The number of rotatable bonds is 6. The summed E-state index contributed by atoms with van der Waals surface area (Å²) in [6.45, 7) is -0.829. The first kappa shape index (κ1) is 21.4. The fraction of sp³-hybridized carbons (Fsp3) is 0.0909. The van der Waals surface area contributed by atoms with Crippen molar-refractivity contribution in [3.63, 3.8) is 0 Å². The number of aliphatic carboxylic acids is 2. The summed E-state index contributed by atoms with van der Waals surface area (Å²) in [5.74, 6) is -1.89. The first-order chi connectivity index (χ1) is 15.3. The third-order valence-electron chi connectivity index (χ3n) is 4.62. The standard InChI is InChI=1S/C22H16N2O6S2/c25-19(26)11-23-15-10-14(13-4-2-1-3-5-13)6-7-16(15)30-18(23)9-8-17-21(29)24(12-20(27)28)22(31)32-17/h1-8,10,29H,11-12H2,(H,25,26)(H,27,28). The first-order valence-electron chi connectivity index (χ1n) is 9.31. The molecule has 1 aliphatic rings. The lowest BCUT2D eigenvalue weighted by atomic mass is 10.0. The smallest absolute Gasteiger partial charge is 0.323 e. The maximum atomic E-state index is 11.5. The zero-order chi connectivity index (χ0) is 22.8. The summed E-state index contributed by atoms with van der Waals surface area (Å²) in [4.78, 5) is 24.2. The van der Waals surface area contributed by atoms with Crippen molar-refractivity contribution in [2.24, 2.45) is 0 Å². The van der Waals surface area contributed by atoms with Crippen LogP contribution in [0.4, 0.5) is 5.69 Å². The predicted molar refractivity (Wildman–Crippen MR) is 121 cm³/mol. The highest BCUT2D eigenvalue weighted by Crippen LogP contribution is 2.41. The summed E-state index contributed by atoms with van der Waals surface area (Å²) in [6, 6.07) is 15.1. The van der Waals surface area contributed by atoms with E-state index in [1.54, 1.807) is 6.07 Å². The lowest BCUT2D eigenvalue weighted by Crippen LogP contribution is -2.26. The van der Waals surface area contributed by atoms with E-state index in [9.17, 15) is 19.8 Å². The number of nitrogens with zero attached hydrogens (tertiary/aromatic N) is 2. The fourth-order valence-electron chi connectivity index (χ4n) is 3.20. The second kappa shape index (κ2) is 8.72. The summed E-state index contributed by atoms with van der Waals surface area (Å²) >= 11 is 6.12. The number of carbonyl (C=O) groups is 2. The Morgan fingerprint density at radius 3 is 2.47 bits per heavy atom. The van der Waals surface area contributed by atoms with Crippen molar-refractivity contribution >= 4 is 47.3 Å². The highest BCUT2D eigenvalue weighted by Gasteiger charge is 2.28. The van der Waals surface area contributed by atoms with Crippen molar-refractivity contribution < 1.29 is 29.6 Å². The number of anilines is 1. The Kier molecular flexibility index (Phi) is 5.83. The predicted octanol–water partition coefficient (Wildman–Crippen LogP) is 4.17. The number of hydrogen-bond donors (Lipinski definition) is 3. The van der Waals surface area contributed by atoms with Crippen molar-refractivity contribution in [3.8, 4) is 22.8 Å². The molecule has 0 spiro atoms. The van der Waals surface area contributed by atoms with Gasteiger partial charge in [0.1, 0.15) is 13.1 Å². The van der Waals surface area contributed by atoms with E-state index in [0.717, 1.165) is 27.0 Å². The minimum absolute atomic E-state index is 0.135. The van der Waals surface area contributed by atoms with Crippen molar-refractivity contribution in [2.75, 3.05) is 11.4 Å². The number of fused-ring (bicyclic) bond motifs is 1. The molecule has 0 atom stereocenters. The van der Waals surface area contributed by atoms with Crippen LogP contribution in [0.25, 0.3) is 17.2 Å². The Labute approximate surface area is 191 Å². The SMILES string of the molecule is O=C(O)CN1C(=C=Cc2sc(=S)n(CC(=O)O)c2O)Oc2ccc(-c3ccccc3)cc21. The molecule has 0 saturated carbocycles. The molecule has 0 fully saturated rings. The van der Waals surface area contributed by atoms with Crippen LogP contribution >= 0.6 is 23.6 Å². The zero-order valence-electron chi connectivity index (χ0n) is 16.4. The van der Waals surface area contributed by atoms with Crippen LogP contribution < -0.4 is 9.64 Å². The number of aromatic nitrogens is 1. The molecule has 0 bridgehead atoms. The van der Waals surface area contributed by atoms with Gasteiger partial charge in [-0.3, -0.25) is 19.1 Å². The number of ether oxygens (including phenoxy) is 1. The maximum Gasteiger partial charge on any atom is 0.323 e. The van der Waals surface area contributed by atoms with Crippen molar-refractivity contribution in [3.05, 3.63) is 69.0 Å². The topological polar surface area (TPSA) is 112 Å². The van der Waals surface area contributed by atoms with Crippen LogP contribution in [0.1, 0.15) is 4.88 Å². The third kappa shape index (κ3) is 4.28. The minimum atomic E-state index is -1.14. The van der Waals surface area contributed by atoms with Crippen LogP contribution in [0.15, 0.2) is 60.1 Å². The maximum absolute atomic E-state index is 11.5. The van der Waals surface area contributed by atoms with Gasteiger partial charge in [-0.2, -0.15) is 0 Å². The lowest BCUT2D eigenvalue weighted by molar-refractivity contribution is -0.138. The molecule has 8 nitrogen and oxygen atoms in total. The molecule has 10 heteroatoms. The normalized spacial score (nSPS) is 12.1. The van der Waals surface area contributed by atoms with Crippen LogP contribution in [0.2, 0.25) is 0 Å². The van der Waals surface area contributed by atoms with Gasteiger partial charge in [0.15, 0.2) is 9.70 Å². The molecule has 3 N–H and O–H groups in total. The van der Waals surface area contributed by atoms with Crippen LogP contribution in [0.3, 0.4) is 0 Å². The van der Waals surface area contributed by atoms with E-state index >= 15 is 0 Å². The average Bonchev–Trinajstić information content (AvgIpc) is 3.23. The lowest BCUT2D eigenvalue weighted by Gasteiger charge is -2.14. The van der Waals surface area contributed by atoms with Crippen LogP contribution in [0.5, 0.6) is 11.6 Å². The van der Waals surface area contributed by atoms with Crippen molar-refractivity contribution in [1.29, 1.82) is 0 Å². The van der Waals surface area contributed by atoms with Crippen LogP contribution in [-0.2, 0) is 16.1 Å². The van der Waals surface area contributed by atoms with Gasteiger partial charge in [-0.1, -0.05) is 42.1 Å². The van der Waals surface area contributed by atoms with Crippen molar-refractivity contribution in [2.45, 2.75) is 6.54 Å². The monoisotopic (exact) mass is 468 g/mol. The summed E-state index contributed by atoms with van der Waals surface area (Å²) in [5, 5.41) is 28.7. The summed E-state index contributed by atoms with van der Waals surface area (Å²) in [6.07, 6.45) is 1.39. The molecule has 1 aliphatic heterocycles. The largest absolute Gasteiger partial charge is 0.493 e. The first-order valence-corrected chi connectivity index (χ1v) is 10.5. The number of benzene rings is 2. The second-order valence-electron chi connectivity index (χ2n) is 6.76. The van der Waals surface area contributed by atoms with Gasteiger partial charge in [0.25, 0.3) is 0 Å². The van der Waals surface area contributed by atoms with Gasteiger partial charge in [0, 0.05) is 6.08 Å². The molecule has 32 heavy (non-hydrogen) atoms. The second-order valence-corrected chi connectivity index (χ2v) is 8.44. The highest BCUT2D eigenvalue weighted by molar-refractivity contribution is 7.73. The quantitative estimate of drug-likeness (QED) is 0.365. The molecular formula is C22H16N2O6S2.